The second-order valence-electron chi connectivity index (χ2n) is 4.29. The van der Waals surface area contributed by atoms with Gasteiger partial charge >= 0.3 is 6.18 Å². The number of benzene rings is 1. The van der Waals surface area contributed by atoms with E-state index in [1.807, 2.05) is 0 Å². The van der Waals surface area contributed by atoms with Gasteiger partial charge in [-0.1, -0.05) is 39.0 Å². The molecule has 0 radical (unpaired) electrons. The molecule has 0 aromatic heterocycles. The average Bonchev–Trinajstić information content (AvgIpc) is 2.01. The van der Waals surface area contributed by atoms with Gasteiger partial charge in [0.25, 0.3) is 0 Å². The van der Waals surface area contributed by atoms with Gasteiger partial charge in [0.05, 0.1) is 5.56 Å². The summed E-state index contributed by atoms with van der Waals surface area (Å²) in [6, 6.07) is 5.71. The number of hydrogen-bond donors (Lipinski definition) is 0. The third-order valence-corrected chi connectivity index (χ3v) is 2.04. The zero-order valence-corrected chi connectivity index (χ0v) is 8.44. The largest absolute Gasteiger partial charge is 0.416 e. The van der Waals surface area contributed by atoms with E-state index >= 15 is 0 Å². The highest BCUT2D eigenvalue weighted by atomic mass is 19.4. The van der Waals surface area contributed by atoms with Crippen molar-refractivity contribution in [2.24, 2.45) is 0 Å². The fourth-order valence-electron chi connectivity index (χ4n) is 1.38. The molecule has 0 aliphatic heterocycles. The lowest BCUT2D eigenvalue weighted by Crippen LogP contribution is -2.19. The highest BCUT2D eigenvalue weighted by Gasteiger charge is 2.35. The van der Waals surface area contributed by atoms with Crippen molar-refractivity contribution >= 4 is 0 Å². The molecule has 0 heterocycles. The zero-order chi connectivity index (χ0) is 11.0. The van der Waals surface area contributed by atoms with Crippen molar-refractivity contribution in [1.29, 1.82) is 0 Å². The van der Waals surface area contributed by atoms with E-state index in [2.05, 4.69) is 0 Å². The van der Waals surface area contributed by atoms with Crippen LogP contribution in [0.1, 0.15) is 31.9 Å². The van der Waals surface area contributed by atoms with Gasteiger partial charge in [-0.05, 0) is 17.0 Å². The molecule has 1 aromatic rings. The standard InChI is InChI=1S/C11H13F3/c1-10(2,3)8-6-4-5-7-9(8)11(12,13)14/h4-7H,1-3H3. The maximum absolute atomic E-state index is 12.6. The molecule has 0 nitrogen and oxygen atoms in total. The summed E-state index contributed by atoms with van der Waals surface area (Å²) in [5.74, 6) is 0. The first-order chi connectivity index (χ1) is 6.23. The summed E-state index contributed by atoms with van der Waals surface area (Å²) in [7, 11) is 0. The molecular weight excluding hydrogens is 189 g/mol. The third kappa shape index (κ3) is 2.28. The molecule has 0 bridgehead atoms. The monoisotopic (exact) mass is 202 g/mol. The van der Waals surface area contributed by atoms with Crippen LogP contribution >= 0.6 is 0 Å². The minimum atomic E-state index is -4.26. The molecule has 0 amide bonds. The number of hydrogen-bond acceptors (Lipinski definition) is 0. The Balaban J connectivity index is 3.31. The maximum Gasteiger partial charge on any atom is 0.416 e. The Kier molecular flexibility index (Phi) is 2.61. The van der Waals surface area contributed by atoms with Crippen molar-refractivity contribution in [2.75, 3.05) is 0 Å². The summed E-state index contributed by atoms with van der Waals surface area (Å²) in [6.07, 6.45) is -4.26. The van der Waals surface area contributed by atoms with Crippen molar-refractivity contribution in [1.82, 2.24) is 0 Å². The fourth-order valence-corrected chi connectivity index (χ4v) is 1.38. The van der Waals surface area contributed by atoms with Crippen LogP contribution in [0.25, 0.3) is 0 Å². The van der Waals surface area contributed by atoms with Crippen molar-refractivity contribution in [3.05, 3.63) is 35.4 Å². The number of rotatable bonds is 0. The Morgan fingerprint density at radius 3 is 1.57 bits per heavy atom. The summed E-state index contributed by atoms with van der Waals surface area (Å²) < 4.78 is 37.7. The summed E-state index contributed by atoms with van der Waals surface area (Å²) >= 11 is 0. The Morgan fingerprint density at radius 2 is 1.29 bits per heavy atom. The predicted molar refractivity (Wildman–Crippen MR) is 50.1 cm³/mol. The molecule has 1 aromatic carbocycles. The Hall–Kier alpha value is -0.990. The summed E-state index contributed by atoms with van der Waals surface area (Å²) in [5, 5.41) is 0. The molecular formula is C11H13F3. The van der Waals surface area contributed by atoms with E-state index in [1.165, 1.54) is 12.1 Å². The van der Waals surface area contributed by atoms with E-state index in [1.54, 1.807) is 26.8 Å². The van der Waals surface area contributed by atoms with Crippen molar-refractivity contribution in [3.8, 4) is 0 Å². The Labute approximate surface area is 81.8 Å². The lowest BCUT2D eigenvalue weighted by Gasteiger charge is -2.23. The zero-order valence-electron chi connectivity index (χ0n) is 8.44. The van der Waals surface area contributed by atoms with Gasteiger partial charge < -0.3 is 0 Å². The van der Waals surface area contributed by atoms with Crippen molar-refractivity contribution < 1.29 is 13.2 Å². The summed E-state index contributed by atoms with van der Waals surface area (Å²) in [4.78, 5) is 0. The first-order valence-corrected chi connectivity index (χ1v) is 4.39. The van der Waals surface area contributed by atoms with E-state index in [0.29, 0.717) is 5.56 Å². The van der Waals surface area contributed by atoms with Gasteiger partial charge in [-0.15, -0.1) is 0 Å². The van der Waals surface area contributed by atoms with Crippen molar-refractivity contribution in [3.63, 3.8) is 0 Å². The minimum absolute atomic E-state index is 0.340. The van der Waals surface area contributed by atoms with Crippen LogP contribution in [0.15, 0.2) is 24.3 Å². The van der Waals surface area contributed by atoms with Crippen LogP contribution in [0.3, 0.4) is 0 Å². The molecule has 0 saturated carbocycles. The molecule has 0 atom stereocenters. The molecule has 0 aliphatic carbocycles. The van der Waals surface area contributed by atoms with Crippen LogP contribution in [0.5, 0.6) is 0 Å². The van der Waals surface area contributed by atoms with Gasteiger partial charge in [-0.25, -0.2) is 0 Å². The van der Waals surface area contributed by atoms with E-state index < -0.39 is 17.2 Å². The van der Waals surface area contributed by atoms with E-state index in [9.17, 15) is 13.2 Å². The topological polar surface area (TPSA) is 0 Å². The molecule has 0 N–H and O–H groups in total. The lowest BCUT2D eigenvalue weighted by atomic mass is 9.83. The smallest absolute Gasteiger partial charge is 0.166 e. The predicted octanol–water partition coefficient (Wildman–Crippen LogP) is 4.00. The molecule has 0 spiro atoms. The first kappa shape index (κ1) is 11.1. The second-order valence-corrected chi connectivity index (χ2v) is 4.29. The number of alkyl halides is 3. The second kappa shape index (κ2) is 3.30. The van der Waals surface area contributed by atoms with E-state index in [4.69, 9.17) is 0 Å². The van der Waals surface area contributed by atoms with Gasteiger partial charge in [0.1, 0.15) is 0 Å². The maximum atomic E-state index is 12.6. The molecule has 1 rings (SSSR count). The van der Waals surface area contributed by atoms with Crippen LogP contribution < -0.4 is 0 Å². The lowest BCUT2D eigenvalue weighted by molar-refractivity contribution is -0.138. The SMILES string of the molecule is CC(C)(C)c1ccccc1C(F)(F)F. The summed E-state index contributed by atoms with van der Waals surface area (Å²) in [6.45, 7) is 5.33. The average molecular weight is 202 g/mol. The Morgan fingerprint density at radius 1 is 0.857 bits per heavy atom. The highest BCUT2D eigenvalue weighted by molar-refractivity contribution is 5.34. The molecule has 78 valence electrons. The minimum Gasteiger partial charge on any atom is -0.166 e. The number of halogens is 3. The van der Waals surface area contributed by atoms with Gasteiger partial charge in [-0.2, -0.15) is 13.2 Å². The molecule has 0 aliphatic rings. The first-order valence-electron chi connectivity index (χ1n) is 4.39. The fraction of sp³-hybridized carbons (Fsp3) is 0.455. The van der Waals surface area contributed by atoms with Crippen molar-refractivity contribution in [2.45, 2.75) is 32.4 Å². The molecule has 0 unspecified atom stereocenters. The van der Waals surface area contributed by atoms with Crippen LogP contribution in [0.2, 0.25) is 0 Å². The van der Waals surface area contributed by atoms with Crippen LogP contribution in [-0.2, 0) is 11.6 Å². The highest BCUT2D eigenvalue weighted by Crippen LogP contribution is 2.36. The van der Waals surface area contributed by atoms with Crippen LogP contribution in [0, 0.1) is 0 Å². The van der Waals surface area contributed by atoms with Gasteiger partial charge in [0.15, 0.2) is 0 Å². The molecule has 14 heavy (non-hydrogen) atoms. The van der Waals surface area contributed by atoms with Gasteiger partial charge in [0, 0.05) is 0 Å². The van der Waals surface area contributed by atoms with Crippen LogP contribution in [-0.4, -0.2) is 0 Å². The van der Waals surface area contributed by atoms with Gasteiger partial charge in [0.2, 0.25) is 0 Å². The quantitative estimate of drug-likeness (QED) is 0.596. The summed E-state index contributed by atoms with van der Waals surface area (Å²) in [5.41, 5.74) is -0.674. The van der Waals surface area contributed by atoms with E-state index in [-0.39, 0.29) is 0 Å². The normalized spacial score (nSPS) is 13.0. The van der Waals surface area contributed by atoms with E-state index in [0.717, 1.165) is 6.07 Å². The molecule has 0 fully saturated rings. The van der Waals surface area contributed by atoms with Crippen LogP contribution in [0.4, 0.5) is 13.2 Å². The van der Waals surface area contributed by atoms with Gasteiger partial charge in [-0.3, -0.25) is 0 Å². The third-order valence-electron chi connectivity index (χ3n) is 2.04. The molecule has 3 heteroatoms. The Bertz CT molecular complexity index is 285. The molecule has 0 saturated heterocycles.